The van der Waals surface area contributed by atoms with Crippen molar-refractivity contribution in [1.29, 1.82) is 0 Å². The highest BCUT2D eigenvalue weighted by Gasteiger charge is 2.54. The Morgan fingerprint density at radius 1 is 1.00 bits per heavy atom. The number of benzene rings is 2. The quantitative estimate of drug-likeness (QED) is 0.689. The van der Waals surface area contributed by atoms with E-state index in [0.29, 0.717) is 44.6 Å². The van der Waals surface area contributed by atoms with Crippen LogP contribution in [0.1, 0.15) is 46.4 Å². The van der Waals surface area contributed by atoms with Gasteiger partial charge in [-0.25, -0.2) is 4.39 Å². The topological polar surface area (TPSA) is 88.2 Å². The van der Waals surface area contributed by atoms with E-state index in [1.165, 1.54) is 18.2 Å². The van der Waals surface area contributed by atoms with Crippen LogP contribution in [0.15, 0.2) is 54.6 Å². The van der Waals surface area contributed by atoms with E-state index >= 15 is 0 Å². The zero-order chi connectivity index (χ0) is 25.1. The lowest BCUT2D eigenvalue weighted by molar-refractivity contribution is -0.128. The third-order valence-electron chi connectivity index (χ3n) is 7.23. The fraction of sp³-hybridized carbons (Fsp3) is 0.444. The zero-order valence-corrected chi connectivity index (χ0v) is 20.0. The standard InChI is InChI=1S/C27H30FN3O5/c28-21-9-4-8-20(16-21)25(33)30-13-11-27(12-14-30)31(26(34)19-6-2-1-3-7-19)23(18-36-27)24(32)29-17-22-10-5-15-35-22/h1-4,6-9,16,22-23H,5,10-15,17-18H2,(H,29,32)/t22-,23+/m1/s1. The molecule has 0 aliphatic carbocycles. The molecule has 190 valence electrons. The summed E-state index contributed by atoms with van der Waals surface area (Å²) in [4.78, 5) is 43.1. The van der Waals surface area contributed by atoms with Crippen LogP contribution in [0.25, 0.3) is 0 Å². The molecule has 3 heterocycles. The van der Waals surface area contributed by atoms with Gasteiger partial charge in [-0.1, -0.05) is 24.3 Å². The molecule has 5 rings (SSSR count). The molecule has 1 spiro atoms. The lowest BCUT2D eigenvalue weighted by Gasteiger charge is -2.44. The molecule has 9 heteroatoms. The smallest absolute Gasteiger partial charge is 0.256 e. The van der Waals surface area contributed by atoms with Gasteiger partial charge >= 0.3 is 0 Å². The number of hydrogen-bond acceptors (Lipinski definition) is 5. The van der Waals surface area contributed by atoms with Crippen molar-refractivity contribution in [2.75, 3.05) is 32.8 Å². The fourth-order valence-electron chi connectivity index (χ4n) is 5.29. The molecular weight excluding hydrogens is 465 g/mol. The Morgan fingerprint density at radius 3 is 2.44 bits per heavy atom. The average Bonchev–Trinajstić information content (AvgIpc) is 3.56. The largest absolute Gasteiger partial charge is 0.376 e. The average molecular weight is 496 g/mol. The molecule has 2 aromatic carbocycles. The van der Waals surface area contributed by atoms with E-state index in [4.69, 9.17) is 9.47 Å². The van der Waals surface area contributed by atoms with Gasteiger partial charge in [0.1, 0.15) is 17.6 Å². The maximum absolute atomic E-state index is 13.7. The Kier molecular flexibility index (Phi) is 7.02. The highest BCUT2D eigenvalue weighted by molar-refractivity contribution is 5.98. The van der Waals surface area contributed by atoms with Crippen LogP contribution >= 0.6 is 0 Å². The Hall–Kier alpha value is -3.30. The molecule has 2 aromatic rings. The first-order valence-corrected chi connectivity index (χ1v) is 12.4. The minimum absolute atomic E-state index is 0.0134. The van der Waals surface area contributed by atoms with Crippen LogP contribution in [0.3, 0.4) is 0 Å². The first-order valence-electron chi connectivity index (χ1n) is 12.4. The molecule has 3 fully saturated rings. The molecular formula is C27H30FN3O5. The van der Waals surface area contributed by atoms with Crippen LogP contribution in [-0.4, -0.2) is 78.2 Å². The minimum Gasteiger partial charge on any atom is -0.376 e. The highest BCUT2D eigenvalue weighted by atomic mass is 19.1. The number of likely N-dealkylation sites (tertiary alicyclic amines) is 1. The SMILES string of the molecule is O=C(NC[C@H]1CCCO1)[C@@H]1COC2(CCN(C(=O)c3cccc(F)c3)CC2)N1C(=O)c1ccccc1. The number of ether oxygens (including phenoxy) is 2. The summed E-state index contributed by atoms with van der Waals surface area (Å²) in [6, 6.07) is 13.7. The van der Waals surface area contributed by atoms with Crippen molar-refractivity contribution < 1.29 is 28.2 Å². The monoisotopic (exact) mass is 495 g/mol. The zero-order valence-electron chi connectivity index (χ0n) is 20.0. The van der Waals surface area contributed by atoms with Gasteiger partial charge in [0.2, 0.25) is 5.91 Å². The third kappa shape index (κ3) is 4.85. The predicted molar refractivity (Wildman–Crippen MR) is 129 cm³/mol. The highest BCUT2D eigenvalue weighted by Crippen LogP contribution is 2.39. The van der Waals surface area contributed by atoms with Gasteiger partial charge in [0.05, 0.1) is 12.7 Å². The van der Waals surface area contributed by atoms with Gasteiger partial charge in [-0.3, -0.25) is 19.3 Å². The molecule has 3 aliphatic heterocycles. The molecule has 8 nitrogen and oxygen atoms in total. The number of hydrogen-bond donors (Lipinski definition) is 1. The first-order chi connectivity index (χ1) is 17.5. The molecule has 3 amide bonds. The van der Waals surface area contributed by atoms with E-state index in [1.54, 1.807) is 40.1 Å². The summed E-state index contributed by atoms with van der Waals surface area (Å²) >= 11 is 0. The number of amides is 3. The molecule has 0 bridgehead atoms. The minimum atomic E-state index is -1.00. The maximum atomic E-state index is 13.7. The summed E-state index contributed by atoms with van der Waals surface area (Å²) in [6.45, 7) is 1.80. The van der Waals surface area contributed by atoms with Crippen molar-refractivity contribution in [3.63, 3.8) is 0 Å². The Morgan fingerprint density at radius 2 is 1.75 bits per heavy atom. The number of nitrogens with one attached hydrogen (secondary N) is 1. The lowest BCUT2D eigenvalue weighted by Crippen LogP contribution is -2.60. The summed E-state index contributed by atoms with van der Waals surface area (Å²) < 4.78 is 25.5. The molecule has 1 N–H and O–H groups in total. The van der Waals surface area contributed by atoms with Gasteiger partial charge in [-0.15, -0.1) is 0 Å². The summed E-state index contributed by atoms with van der Waals surface area (Å²) in [5.41, 5.74) is -0.253. The van der Waals surface area contributed by atoms with Crippen LogP contribution in [-0.2, 0) is 14.3 Å². The van der Waals surface area contributed by atoms with E-state index < -0.39 is 17.6 Å². The Bertz CT molecular complexity index is 1110. The van der Waals surface area contributed by atoms with Gasteiger partial charge in [0, 0.05) is 50.2 Å². The second kappa shape index (κ2) is 10.4. The van der Waals surface area contributed by atoms with E-state index in [-0.39, 0.29) is 36.0 Å². The lowest BCUT2D eigenvalue weighted by atomic mass is 9.96. The van der Waals surface area contributed by atoms with Crippen molar-refractivity contribution in [1.82, 2.24) is 15.1 Å². The van der Waals surface area contributed by atoms with E-state index in [9.17, 15) is 18.8 Å². The van der Waals surface area contributed by atoms with Gasteiger partial charge < -0.3 is 19.7 Å². The van der Waals surface area contributed by atoms with Gasteiger partial charge in [0.25, 0.3) is 11.8 Å². The molecule has 0 saturated carbocycles. The normalized spacial score (nSPS) is 23.1. The second-order valence-corrected chi connectivity index (χ2v) is 9.50. The van der Waals surface area contributed by atoms with Gasteiger partial charge in [0.15, 0.2) is 0 Å². The molecule has 2 atom stereocenters. The summed E-state index contributed by atoms with van der Waals surface area (Å²) in [6.07, 6.45) is 2.55. The van der Waals surface area contributed by atoms with Crippen LogP contribution in [0.4, 0.5) is 4.39 Å². The van der Waals surface area contributed by atoms with Crippen molar-refractivity contribution in [2.24, 2.45) is 0 Å². The summed E-state index contributed by atoms with van der Waals surface area (Å²) in [5, 5.41) is 2.94. The van der Waals surface area contributed by atoms with Crippen molar-refractivity contribution in [3.05, 3.63) is 71.5 Å². The van der Waals surface area contributed by atoms with Gasteiger partial charge in [-0.05, 0) is 43.2 Å². The van der Waals surface area contributed by atoms with E-state index in [1.807, 2.05) is 6.07 Å². The van der Waals surface area contributed by atoms with Crippen LogP contribution in [0, 0.1) is 5.82 Å². The van der Waals surface area contributed by atoms with Gasteiger partial charge in [-0.2, -0.15) is 0 Å². The van der Waals surface area contributed by atoms with Crippen LogP contribution in [0.5, 0.6) is 0 Å². The first kappa shape index (κ1) is 24.4. The Labute approximate surface area is 209 Å². The third-order valence-corrected chi connectivity index (χ3v) is 7.23. The molecule has 0 radical (unpaired) electrons. The summed E-state index contributed by atoms with van der Waals surface area (Å²) in [7, 11) is 0. The fourth-order valence-corrected chi connectivity index (χ4v) is 5.29. The number of halogens is 1. The Balaban J connectivity index is 1.33. The summed E-state index contributed by atoms with van der Waals surface area (Å²) in [5.74, 6) is -1.29. The van der Waals surface area contributed by atoms with Crippen LogP contribution < -0.4 is 5.32 Å². The molecule has 0 aromatic heterocycles. The van der Waals surface area contributed by atoms with Crippen molar-refractivity contribution >= 4 is 17.7 Å². The number of rotatable bonds is 5. The molecule has 0 unspecified atom stereocenters. The maximum Gasteiger partial charge on any atom is 0.256 e. The number of carbonyl (C=O) groups is 3. The van der Waals surface area contributed by atoms with Crippen molar-refractivity contribution in [2.45, 2.75) is 43.6 Å². The predicted octanol–water partition coefficient (Wildman–Crippen LogP) is 2.59. The second-order valence-electron chi connectivity index (χ2n) is 9.50. The molecule has 3 saturated heterocycles. The number of carbonyl (C=O) groups excluding carboxylic acids is 3. The van der Waals surface area contributed by atoms with E-state index in [2.05, 4.69) is 5.32 Å². The van der Waals surface area contributed by atoms with Crippen LogP contribution in [0.2, 0.25) is 0 Å². The van der Waals surface area contributed by atoms with E-state index in [0.717, 1.165) is 12.8 Å². The number of nitrogens with zero attached hydrogens (tertiary/aromatic N) is 2. The molecule has 3 aliphatic rings. The number of piperidine rings is 1. The molecule has 36 heavy (non-hydrogen) atoms. The van der Waals surface area contributed by atoms with Crippen molar-refractivity contribution in [3.8, 4) is 0 Å².